The molecule has 0 aliphatic carbocycles. The zero-order valence-electron chi connectivity index (χ0n) is 13.5. The Morgan fingerprint density at radius 3 is 2.65 bits per heavy atom. The van der Waals surface area contributed by atoms with Crippen LogP contribution in [0, 0.1) is 13.8 Å². The molecule has 1 aromatic heterocycles. The van der Waals surface area contributed by atoms with Gasteiger partial charge < -0.3 is 9.88 Å². The number of carbonyl (C=O) groups excluding carboxylic acids is 1. The number of nitrogens with one attached hydrogen (secondary N) is 1. The Labute approximate surface area is 140 Å². The molecule has 23 heavy (non-hydrogen) atoms. The summed E-state index contributed by atoms with van der Waals surface area (Å²) < 4.78 is 2.13. The summed E-state index contributed by atoms with van der Waals surface area (Å²) in [5, 5.41) is 4.79. The van der Waals surface area contributed by atoms with Crippen molar-refractivity contribution in [3.05, 3.63) is 64.3 Å². The van der Waals surface area contributed by atoms with E-state index in [0.717, 1.165) is 33.4 Å². The van der Waals surface area contributed by atoms with Crippen molar-refractivity contribution in [2.45, 2.75) is 20.3 Å². The van der Waals surface area contributed by atoms with Gasteiger partial charge in [0.25, 0.3) is 0 Å². The Morgan fingerprint density at radius 1 is 1.17 bits per heavy atom. The summed E-state index contributed by atoms with van der Waals surface area (Å²) in [5.74, 6) is -0.0186. The van der Waals surface area contributed by atoms with Gasteiger partial charge in [0.1, 0.15) is 0 Å². The molecule has 0 aliphatic rings. The number of carbonyl (C=O) groups is 1. The number of aryl methyl sites for hydroxylation is 2. The third-order valence-corrected chi connectivity index (χ3v) is 4.57. The molecule has 2 aromatic carbocycles. The van der Waals surface area contributed by atoms with E-state index < -0.39 is 0 Å². The molecule has 0 atom stereocenters. The Kier molecular flexibility index (Phi) is 4.14. The van der Waals surface area contributed by atoms with Crippen LogP contribution in [0.4, 0.5) is 5.69 Å². The quantitative estimate of drug-likeness (QED) is 0.748. The fourth-order valence-corrected chi connectivity index (χ4v) is 3.17. The fraction of sp³-hybridized carbons (Fsp3) is 0.211. The molecule has 1 amide bonds. The van der Waals surface area contributed by atoms with E-state index in [1.807, 2.05) is 38.2 Å². The molecule has 1 heterocycles. The molecule has 118 valence electrons. The number of halogens is 1. The Bertz CT molecular complexity index is 896. The van der Waals surface area contributed by atoms with Crippen molar-refractivity contribution in [3.63, 3.8) is 0 Å². The second-order valence-corrected chi connectivity index (χ2v) is 6.26. The summed E-state index contributed by atoms with van der Waals surface area (Å²) in [6, 6.07) is 13.6. The molecule has 4 heteroatoms. The van der Waals surface area contributed by atoms with Crippen molar-refractivity contribution in [2.75, 3.05) is 5.32 Å². The van der Waals surface area contributed by atoms with E-state index in [9.17, 15) is 4.79 Å². The van der Waals surface area contributed by atoms with E-state index in [4.69, 9.17) is 11.6 Å². The SMILES string of the molecule is Cc1cc(Cl)ccc1NC(=O)Cc1c(C)n(C)c2ccccc12. The van der Waals surface area contributed by atoms with Crippen LogP contribution in [0.15, 0.2) is 42.5 Å². The number of hydrogen-bond donors (Lipinski definition) is 1. The summed E-state index contributed by atoms with van der Waals surface area (Å²) in [5.41, 5.74) is 5.11. The first-order valence-corrected chi connectivity index (χ1v) is 7.94. The van der Waals surface area contributed by atoms with Gasteiger partial charge in [-0.1, -0.05) is 29.8 Å². The second kappa shape index (κ2) is 6.09. The maximum Gasteiger partial charge on any atom is 0.228 e. The molecule has 0 spiro atoms. The van der Waals surface area contributed by atoms with Crippen LogP contribution in [0.5, 0.6) is 0 Å². The molecule has 0 saturated carbocycles. The molecule has 3 nitrogen and oxygen atoms in total. The molecule has 0 bridgehead atoms. The minimum Gasteiger partial charge on any atom is -0.348 e. The van der Waals surface area contributed by atoms with Crippen LogP contribution in [0.2, 0.25) is 5.02 Å². The normalized spacial score (nSPS) is 11.0. The molecule has 0 radical (unpaired) electrons. The first-order chi connectivity index (χ1) is 11.0. The summed E-state index contributed by atoms with van der Waals surface area (Å²) in [7, 11) is 2.03. The number of benzene rings is 2. The van der Waals surface area contributed by atoms with E-state index in [-0.39, 0.29) is 5.91 Å². The molecule has 0 unspecified atom stereocenters. The molecular weight excluding hydrogens is 308 g/mol. The summed E-state index contributed by atoms with van der Waals surface area (Å²) in [6.45, 7) is 3.99. The van der Waals surface area contributed by atoms with Crippen molar-refractivity contribution in [3.8, 4) is 0 Å². The standard InChI is InChI=1S/C19H19ClN2O/c1-12-10-14(20)8-9-17(12)21-19(23)11-16-13(2)22(3)18-7-5-4-6-15(16)18/h4-10H,11H2,1-3H3,(H,21,23). The van der Waals surface area contributed by atoms with Crippen LogP contribution in [0.25, 0.3) is 10.9 Å². The number of fused-ring (bicyclic) bond motifs is 1. The van der Waals surface area contributed by atoms with E-state index >= 15 is 0 Å². The van der Waals surface area contributed by atoms with Gasteiger partial charge in [-0.05, 0) is 49.2 Å². The second-order valence-electron chi connectivity index (χ2n) is 5.82. The number of hydrogen-bond acceptors (Lipinski definition) is 1. The number of para-hydroxylation sites is 1. The largest absolute Gasteiger partial charge is 0.348 e. The molecule has 1 N–H and O–H groups in total. The lowest BCUT2D eigenvalue weighted by atomic mass is 10.1. The Balaban J connectivity index is 1.87. The van der Waals surface area contributed by atoms with Gasteiger partial charge >= 0.3 is 0 Å². The van der Waals surface area contributed by atoms with Gasteiger partial charge in [-0.15, -0.1) is 0 Å². The number of rotatable bonds is 3. The summed E-state index contributed by atoms with van der Waals surface area (Å²) in [4.78, 5) is 12.5. The lowest BCUT2D eigenvalue weighted by molar-refractivity contribution is -0.115. The van der Waals surface area contributed by atoms with Gasteiger partial charge in [0.05, 0.1) is 6.42 Å². The van der Waals surface area contributed by atoms with Crippen LogP contribution in [0.3, 0.4) is 0 Å². The number of anilines is 1. The van der Waals surface area contributed by atoms with Crippen molar-refractivity contribution in [2.24, 2.45) is 7.05 Å². The summed E-state index contributed by atoms with van der Waals surface area (Å²) >= 11 is 5.96. The highest BCUT2D eigenvalue weighted by atomic mass is 35.5. The lowest BCUT2D eigenvalue weighted by Gasteiger charge is -2.09. The van der Waals surface area contributed by atoms with E-state index in [2.05, 4.69) is 28.9 Å². The van der Waals surface area contributed by atoms with Crippen molar-refractivity contribution in [1.82, 2.24) is 4.57 Å². The molecular formula is C19H19ClN2O. The fourth-order valence-electron chi connectivity index (χ4n) is 2.94. The van der Waals surface area contributed by atoms with Gasteiger partial charge in [-0.2, -0.15) is 0 Å². The van der Waals surface area contributed by atoms with E-state index in [1.54, 1.807) is 6.07 Å². The Morgan fingerprint density at radius 2 is 1.91 bits per heavy atom. The highest BCUT2D eigenvalue weighted by Gasteiger charge is 2.15. The van der Waals surface area contributed by atoms with E-state index in [0.29, 0.717) is 11.4 Å². The third kappa shape index (κ3) is 2.97. The van der Waals surface area contributed by atoms with Crippen molar-refractivity contribution < 1.29 is 4.79 Å². The van der Waals surface area contributed by atoms with Crippen LogP contribution in [0.1, 0.15) is 16.8 Å². The maximum atomic E-state index is 12.5. The monoisotopic (exact) mass is 326 g/mol. The zero-order valence-corrected chi connectivity index (χ0v) is 14.2. The van der Waals surface area contributed by atoms with Gasteiger partial charge in [0.2, 0.25) is 5.91 Å². The zero-order chi connectivity index (χ0) is 16.6. The molecule has 0 saturated heterocycles. The first-order valence-electron chi connectivity index (χ1n) is 7.56. The maximum absolute atomic E-state index is 12.5. The molecule has 0 aliphatic heterocycles. The number of nitrogens with zero attached hydrogens (tertiary/aromatic N) is 1. The Hall–Kier alpha value is -2.26. The third-order valence-electron chi connectivity index (χ3n) is 4.33. The van der Waals surface area contributed by atoms with Crippen LogP contribution in [-0.4, -0.2) is 10.5 Å². The highest BCUT2D eigenvalue weighted by molar-refractivity contribution is 6.30. The first kappa shape index (κ1) is 15.6. The van der Waals surface area contributed by atoms with Crippen LogP contribution >= 0.6 is 11.6 Å². The molecule has 0 fully saturated rings. The smallest absolute Gasteiger partial charge is 0.228 e. The number of amides is 1. The van der Waals surface area contributed by atoms with E-state index in [1.165, 1.54) is 0 Å². The topological polar surface area (TPSA) is 34.0 Å². The van der Waals surface area contributed by atoms with Gasteiger partial charge in [0, 0.05) is 34.4 Å². The van der Waals surface area contributed by atoms with Gasteiger partial charge in [-0.3, -0.25) is 4.79 Å². The summed E-state index contributed by atoms with van der Waals surface area (Å²) in [6.07, 6.45) is 0.356. The highest BCUT2D eigenvalue weighted by Crippen LogP contribution is 2.26. The minimum atomic E-state index is -0.0186. The predicted molar refractivity (Wildman–Crippen MR) is 96.2 cm³/mol. The van der Waals surface area contributed by atoms with Gasteiger partial charge in [-0.25, -0.2) is 0 Å². The van der Waals surface area contributed by atoms with Crippen molar-refractivity contribution >= 4 is 34.1 Å². The average molecular weight is 327 g/mol. The molecule has 3 rings (SSSR count). The van der Waals surface area contributed by atoms with Crippen molar-refractivity contribution in [1.29, 1.82) is 0 Å². The lowest BCUT2D eigenvalue weighted by Crippen LogP contribution is -2.15. The average Bonchev–Trinajstić information content (AvgIpc) is 2.76. The predicted octanol–water partition coefficient (Wildman–Crippen LogP) is 4.63. The number of aromatic nitrogens is 1. The minimum absolute atomic E-state index is 0.0186. The van der Waals surface area contributed by atoms with Crippen LogP contribution in [-0.2, 0) is 18.3 Å². The van der Waals surface area contributed by atoms with Crippen LogP contribution < -0.4 is 5.32 Å². The van der Waals surface area contributed by atoms with Gasteiger partial charge in [0.15, 0.2) is 0 Å². The molecule has 3 aromatic rings.